The van der Waals surface area contributed by atoms with Crippen molar-refractivity contribution in [3.8, 4) is 11.4 Å². The molecular weight excluding hydrogens is 234 g/mol. The van der Waals surface area contributed by atoms with Crippen LogP contribution in [-0.2, 0) is 0 Å². The van der Waals surface area contributed by atoms with Crippen LogP contribution in [0.15, 0.2) is 18.2 Å². The van der Waals surface area contributed by atoms with Gasteiger partial charge >= 0.3 is 0 Å². The van der Waals surface area contributed by atoms with Crippen LogP contribution in [0, 0.1) is 0 Å². The average molecular weight is 247 g/mol. The molecule has 0 bridgehead atoms. The van der Waals surface area contributed by atoms with E-state index in [2.05, 4.69) is 15.5 Å². The van der Waals surface area contributed by atoms with Gasteiger partial charge in [0, 0.05) is 14.1 Å². The first-order chi connectivity index (χ1) is 8.67. The molecular formula is C11H13N5O2. The Morgan fingerprint density at radius 1 is 1.39 bits per heavy atom. The number of carbonyl (C=O) groups is 1. The van der Waals surface area contributed by atoms with Gasteiger partial charge in [0.25, 0.3) is 0 Å². The van der Waals surface area contributed by atoms with E-state index in [9.17, 15) is 4.79 Å². The molecule has 0 aliphatic heterocycles. The van der Waals surface area contributed by atoms with E-state index in [1.54, 1.807) is 27.8 Å². The number of carbonyl (C=O) groups excluding carboxylic acids is 1. The summed E-state index contributed by atoms with van der Waals surface area (Å²) in [4.78, 5) is 12.8. The Labute approximate surface area is 104 Å². The van der Waals surface area contributed by atoms with Crippen molar-refractivity contribution in [1.29, 1.82) is 0 Å². The van der Waals surface area contributed by atoms with Crippen molar-refractivity contribution in [1.82, 2.24) is 20.2 Å². The standard InChI is InChI=1S/C11H13N5O2/c1-15(2)11-12-13-14-16(11)9-4-5-10(18-3)8(6-9)7-17/h4-7H,1-3H3. The summed E-state index contributed by atoms with van der Waals surface area (Å²) in [5.41, 5.74) is 1.15. The molecule has 2 rings (SSSR count). The molecule has 7 nitrogen and oxygen atoms in total. The summed E-state index contributed by atoms with van der Waals surface area (Å²) < 4.78 is 6.63. The van der Waals surface area contributed by atoms with Crippen molar-refractivity contribution in [2.24, 2.45) is 0 Å². The summed E-state index contributed by atoms with van der Waals surface area (Å²) in [6, 6.07) is 5.17. The third-order valence-corrected chi connectivity index (χ3v) is 2.44. The largest absolute Gasteiger partial charge is 0.496 e. The van der Waals surface area contributed by atoms with E-state index in [0.717, 1.165) is 6.29 Å². The molecule has 0 unspecified atom stereocenters. The number of anilines is 1. The second-order valence-corrected chi connectivity index (χ2v) is 3.83. The first-order valence-electron chi connectivity index (χ1n) is 5.26. The molecule has 0 saturated carbocycles. The maximum Gasteiger partial charge on any atom is 0.249 e. The Morgan fingerprint density at radius 2 is 2.17 bits per heavy atom. The molecule has 0 atom stereocenters. The van der Waals surface area contributed by atoms with Gasteiger partial charge in [-0.15, -0.1) is 0 Å². The van der Waals surface area contributed by atoms with Crippen LogP contribution in [-0.4, -0.2) is 47.7 Å². The highest BCUT2D eigenvalue weighted by atomic mass is 16.5. The van der Waals surface area contributed by atoms with Crippen molar-refractivity contribution < 1.29 is 9.53 Å². The van der Waals surface area contributed by atoms with E-state index in [0.29, 0.717) is 22.9 Å². The van der Waals surface area contributed by atoms with E-state index >= 15 is 0 Å². The number of ether oxygens (including phenoxy) is 1. The lowest BCUT2D eigenvalue weighted by Gasteiger charge is -2.12. The number of benzene rings is 1. The first-order valence-corrected chi connectivity index (χ1v) is 5.26. The predicted octanol–water partition coefficient (Wildman–Crippen LogP) is 0.549. The molecule has 0 N–H and O–H groups in total. The molecule has 0 radical (unpaired) electrons. The minimum Gasteiger partial charge on any atom is -0.496 e. The highest BCUT2D eigenvalue weighted by Crippen LogP contribution is 2.21. The second-order valence-electron chi connectivity index (χ2n) is 3.83. The van der Waals surface area contributed by atoms with Gasteiger partial charge in [0.05, 0.1) is 18.4 Å². The second kappa shape index (κ2) is 4.82. The number of tetrazole rings is 1. The van der Waals surface area contributed by atoms with Gasteiger partial charge in [-0.2, -0.15) is 4.68 Å². The van der Waals surface area contributed by atoms with E-state index in [1.165, 1.54) is 7.11 Å². The first kappa shape index (κ1) is 12.0. The van der Waals surface area contributed by atoms with Gasteiger partial charge in [-0.25, -0.2) is 0 Å². The summed E-state index contributed by atoms with van der Waals surface area (Å²) in [6.07, 6.45) is 0.738. The molecule has 0 amide bonds. The fraction of sp³-hybridized carbons (Fsp3) is 0.273. The maximum atomic E-state index is 11.0. The average Bonchev–Trinajstić information content (AvgIpc) is 2.87. The van der Waals surface area contributed by atoms with Crippen molar-refractivity contribution in [2.45, 2.75) is 0 Å². The van der Waals surface area contributed by atoms with Gasteiger partial charge in [-0.05, 0) is 28.6 Å². The summed E-state index contributed by atoms with van der Waals surface area (Å²) in [5.74, 6) is 1.10. The molecule has 1 aromatic heterocycles. The van der Waals surface area contributed by atoms with Crippen molar-refractivity contribution in [3.63, 3.8) is 0 Å². The lowest BCUT2D eigenvalue weighted by atomic mass is 10.2. The molecule has 18 heavy (non-hydrogen) atoms. The zero-order valence-electron chi connectivity index (χ0n) is 10.4. The SMILES string of the molecule is COc1ccc(-n2nnnc2N(C)C)cc1C=O. The third kappa shape index (κ3) is 2.02. The zero-order chi connectivity index (χ0) is 13.1. The van der Waals surface area contributed by atoms with Crippen LogP contribution in [0.5, 0.6) is 5.75 Å². The number of aldehydes is 1. The van der Waals surface area contributed by atoms with Crippen molar-refractivity contribution >= 4 is 12.2 Å². The monoisotopic (exact) mass is 247 g/mol. The van der Waals surface area contributed by atoms with Gasteiger partial charge in [0.2, 0.25) is 5.95 Å². The smallest absolute Gasteiger partial charge is 0.249 e. The molecule has 1 aromatic carbocycles. The number of aromatic nitrogens is 4. The Morgan fingerprint density at radius 3 is 2.78 bits per heavy atom. The summed E-state index contributed by atoms with van der Waals surface area (Å²) in [6.45, 7) is 0. The molecule has 2 aromatic rings. The molecule has 7 heteroatoms. The van der Waals surface area contributed by atoms with E-state index < -0.39 is 0 Å². The lowest BCUT2D eigenvalue weighted by Crippen LogP contribution is -2.15. The van der Waals surface area contributed by atoms with Crippen molar-refractivity contribution in [2.75, 3.05) is 26.1 Å². The fourth-order valence-corrected chi connectivity index (χ4v) is 1.57. The van der Waals surface area contributed by atoms with Gasteiger partial charge in [0.1, 0.15) is 5.75 Å². The van der Waals surface area contributed by atoms with E-state index in [1.807, 2.05) is 14.1 Å². The summed E-state index contributed by atoms with van der Waals surface area (Å²) in [7, 11) is 5.20. The minimum absolute atomic E-state index is 0.454. The topological polar surface area (TPSA) is 73.1 Å². The van der Waals surface area contributed by atoms with Crippen LogP contribution < -0.4 is 9.64 Å². The van der Waals surface area contributed by atoms with Crippen molar-refractivity contribution in [3.05, 3.63) is 23.8 Å². The highest BCUT2D eigenvalue weighted by Gasteiger charge is 2.12. The molecule has 0 aliphatic rings. The number of rotatable bonds is 4. The third-order valence-electron chi connectivity index (χ3n) is 2.44. The summed E-state index contributed by atoms with van der Waals surface area (Å²) in [5, 5.41) is 11.4. The van der Waals surface area contributed by atoms with Crippen LogP contribution in [0.25, 0.3) is 5.69 Å². The van der Waals surface area contributed by atoms with Gasteiger partial charge < -0.3 is 9.64 Å². The minimum atomic E-state index is 0.454. The van der Waals surface area contributed by atoms with Crippen LogP contribution in [0.2, 0.25) is 0 Å². The molecule has 94 valence electrons. The summed E-state index contributed by atoms with van der Waals surface area (Å²) >= 11 is 0. The number of hydrogen-bond acceptors (Lipinski definition) is 6. The van der Waals surface area contributed by atoms with Crippen LogP contribution in [0.4, 0.5) is 5.95 Å². The number of nitrogens with zero attached hydrogens (tertiary/aromatic N) is 5. The lowest BCUT2D eigenvalue weighted by molar-refractivity contribution is 0.112. The molecule has 1 heterocycles. The van der Waals surface area contributed by atoms with Gasteiger partial charge in [-0.1, -0.05) is 5.10 Å². The molecule has 0 fully saturated rings. The maximum absolute atomic E-state index is 11.0. The fourth-order valence-electron chi connectivity index (χ4n) is 1.57. The van der Waals surface area contributed by atoms with Gasteiger partial charge in [0.15, 0.2) is 6.29 Å². The van der Waals surface area contributed by atoms with Crippen LogP contribution >= 0.6 is 0 Å². The van der Waals surface area contributed by atoms with Crippen LogP contribution in [0.3, 0.4) is 0 Å². The predicted molar refractivity (Wildman–Crippen MR) is 65.4 cm³/mol. The highest BCUT2D eigenvalue weighted by molar-refractivity contribution is 5.80. The molecule has 0 spiro atoms. The Kier molecular flexibility index (Phi) is 3.22. The van der Waals surface area contributed by atoms with E-state index in [4.69, 9.17) is 4.74 Å². The Hall–Kier alpha value is -2.44. The number of methoxy groups -OCH3 is 1. The molecule has 0 saturated heterocycles. The quantitative estimate of drug-likeness (QED) is 0.734. The molecule has 0 aliphatic carbocycles. The number of hydrogen-bond donors (Lipinski definition) is 0. The zero-order valence-corrected chi connectivity index (χ0v) is 10.4. The van der Waals surface area contributed by atoms with Crippen LogP contribution in [0.1, 0.15) is 10.4 Å². The van der Waals surface area contributed by atoms with Gasteiger partial charge in [-0.3, -0.25) is 4.79 Å². The van der Waals surface area contributed by atoms with E-state index in [-0.39, 0.29) is 0 Å². The Balaban J connectivity index is 2.51. The Bertz CT molecular complexity index is 564. The normalized spacial score (nSPS) is 10.2.